The van der Waals surface area contributed by atoms with E-state index in [0.717, 1.165) is 38.6 Å². The third-order valence-electron chi connectivity index (χ3n) is 6.52. The first-order valence-electron chi connectivity index (χ1n) is 10.6. The second-order valence-electron chi connectivity index (χ2n) is 8.49. The first-order chi connectivity index (χ1) is 13.2. The van der Waals surface area contributed by atoms with Crippen LogP contribution in [0.25, 0.3) is 0 Å². The van der Waals surface area contributed by atoms with Crippen LogP contribution in [0.15, 0.2) is 30.3 Å². The number of piperidine rings is 2. The molecule has 3 aliphatic heterocycles. The number of fused-ring (bicyclic) bond motifs is 2. The van der Waals surface area contributed by atoms with E-state index in [1.165, 1.54) is 12.8 Å². The van der Waals surface area contributed by atoms with Gasteiger partial charge in [0, 0.05) is 43.2 Å². The molecule has 0 radical (unpaired) electrons. The van der Waals surface area contributed by atoms with Gasteiger partial charge >= 0.3 is 0 Å². The Kier molecular flexibility index (Phi) is 7.36. The standard InChI is InChI=1S/C22H31N3O2.ClH/c26-21(14-16-12-18-9-10-19(13-16)24-18)25-11-5-4-8-20(25)15-23-22(27)17-6-2-1-3-7-17;/h1-3,6-7,16,18-20,24H,4-5,8-15H2,(H,23,27);1H. The van der Waals surface area contributed by atoms with Gasteiger partial charge in [0.1, 0.15) is 0 Å². The highest BCUT2D eigenvalue weighted by atomic mass is 35.5. The zero-order chi connectivity index (χ0) is 18.6. The van der Waals surface area contributed by atoms with Crippen molar-refractivity contribution in [2.75, 3.05) is 13.1 Å². The molecule has 3 aliphatic rings. The second-order valence-corrected chi connectivity index (χ2v) is 8.49. The summed E-state index contributed by atoms with van der Waals surface area (Å²) in [5.41, 5.74) is 0.677. The summed E-state index contributed by atoms with van der Waals surface area (Å²) in [7, 11) is 0. The summed E-state index contributed by atoms with van der Waals surface area (Å²) in [6.07, 6.45) is 8.70. The molecule has 0 aromatic heterocycles. The van der Waals surface area contributed by atoms with Crippen LogP contribution in [0.4, 0.5) is 0 Å². The summed E-state index contributed by atoms with van der Waals surface area (Å²) >= 11 is 0. The van der Waals surface area contributed by atoms with Crippen LogP contribution in [-0.2, 0) is 4.79 Å². The first-order valence-corrected chi connectivity index (χ1v) is 10.6. The van der Waals surface area contributed by atoms with Gasteiger partial charge in [0.25, 0.3) is 5.91 Å². The number of halogens is 1. The average molecular weight is 406 g/mol. The van der Waals surface area contributed by atoms with Gasteiger partial charge < -0.3 is 15.5 Å². The van der Waals surface area contributed by atoms with Crippen molar-refractivity contribution >= 4 is 24.2 Å². The molecule has 2 amide bonds. The third kappa shape index (κ3) is 5.06. The summed E-state index contributed by atoms with van der Waals surface area (Å²) in [5, 5.41) is 6.70. The van der Waals surface area contributed by atoms with Crippen LogP contribution in [0.5, 0.6) is 0 Å². The van der Waals surface area contributed by atoms with Crippen LogP contribution >= 0.6 is 12.4 Å². The van der Waals surface area contributed by atoms with Gasteiger partial charge in [0.15, 0.2) is 0 Å². The van der Waals surface area contributed by atoms with E-state index < -0.39 is 0 Å². The zero-order valence-corrected chi connectivity index (χ0v) is 17.3. The maximum absolute atomic E-state index is 13.0. The van der Waals surface area contributed by atoms with Gasteiger partial charge in [-0.25, -0.2) is 0 Å². The Bertz CT molecular complexity index is 657. The summed E-state index contributed by atoms with van der Waals surface area (Å²) in [5.74, 6) is 0.765. The predicted molar refractivity (Wildman–Crippen MR) is 113 cm³/mol. The number of nitrogens with zero attached hydrogens (tertiary/aromatic N) is 1. The number of benzene rings is 1. The summed E-state index contributed by atoms with van der Waals surface area (Å²) < 4.78 is 0. The summed E-state index contributed by atoms with van der Waals surface area (Å²) in [6, 6.07) is 10.7. The second kappa shape index (κ2) is 9.75. The van der Waals surface area contributed by atoms with E-state index in [-0.39, 0.29) is 24.4 Å². The van der Waals surface area contributed by atoms with E-state index in [9.17, 15) is 9.59 Å². The summed E-state index contributed by atoms with van der Waals surface area (Å²) in [4.78, 5) is 27.4. The molecule has 0 spiro atoms. The number of carbonyl (C=O) groups excluding carboxylic acids is 2. The molecule has 28 heavy (non-hydrogen) atoms. The average Bonchev–Trinajstić information content (AvgIpc) is 3.05. The van der Waals surface area contributed by atoms with Crippen LogP contribution in [0.2, 0.25) is 0 Å². The normalized spacial score (nSPS) is 29.1. The molecule has 5 nitrogen and oxygen atoms in total. The minimum absolute atomic E-state index is 0. The van der Waals surface area contributed by atoms with E-state index in [4.69, 9.17) is 0 Å². The Morgan fingerprint density at radius 2 is 1.75 bits per heavy atom. The largest absolute Gasteiger partial charge is 0.350 e. The summed E-state index contributed by atoms with van der Waals surface area (Å²) in [6.45, 7) is 1.39. The lowest BCUT2D eigenvalue weighted by Crippen LogP contribution is -2.50. The molecule has 1 aromatic carbocycles. The van der Waals surface area contributed by atoms with Gasteiger partial charge in [-0.3, -0.25) is 9.59 Å². The zero-order valence-electron chi connectivity index (χ0n) is 16.4. The number of amides is 2. The molecule has 3 unspecified atom stereocenters. The van der Waals surface area contributed by atoms with Crippen molar-refractivity contribution in [1.29, 1.82) is 0 Å². The van der Waals surface area contributed by atoms with Crippen molar-refractivity contribution in [2.45, 2.75) is 69.5 Å². The van der Waals surface area contributed by atoms with Crippen molar-refractivity contribution < 1.29 is 9.59 Å². The van der Waals surface area contributed by atoms with E-state index in [0.29, 0.717) is 42.4 Å². The molecule has 0 aliphatic carbocycles. The monoisotopic (exact) mass is 405 g/mol. The molecule has 3 atom stereocenters. The topological polar surface area (TPSA) is 61.4 Å². The number of nitrogens with one attached hydrogen (secondary N) is 2. The van der Waals surface area contributed by atoms with Gasteiger partial charge in [0.2, 0.25) is 5.91 Å². The van der Waals surface area contributed by atoms with E-state index in [1.807, 2.05) is 30.3 Å². The molecule has 154 valence electrons. The van der Waals surface area contributed by atoms with Crippen molar-refractivity contribution in [3.8, 4) is 0 Å². The molecule has 2 N–H and O–H groups in total. The molecular formula is C22H32ClN3O2. The van der Waals surface area contributed by atoms with Gasteiger partial charge in [0.05, 0.1) is 0 Å². The highest BCUT2D eigenvalue weighted by molar-refractivity contribution is 5.94. The fraction of sp³-hybridized carbons (Fsp3) is 0.636. The number of hydrogen-bond donors (Lipinski definition) is 2. The number of carbonyl (C=O) groups is 2. The van der Waals surface area contributed by atoms with E-state index >= 15 is 0 Å². The quantitative estimate of drug-likeness (QED) is 0.791. The van der Waals surface area contributed by atoms with Gasteiger partial charge in [-0.05, 0) is 63.0 Å². The molecule has 2 bridgehead atoms. The third-order valence-corrected chi connectivity index (χ3v) is 6.52. The fourth-order valence-electron chi connectivity index (χ4n) is 5.15. The molecule has 3 heterocycles. The van der Waals surface area contributed by atoms with Crippen LogP contribution in [-0.4, -0.2) is 47.9 Å². The Hall–Kier alpha value is -1.59. The maximum atomic E-state index is 13.0. The highest BCUT2D eigenvalue weighted by Gasteiger charge is 2.36. The fourth-order valence-corrected chi connectivity index (χ4v) is 5.15. The SMILES string of the molecule is Cl.O=C(NCC1CCCCN1C(=O)CC1CC2CCC(C1)N2)c1ccccc1. The minimum Gasteiger partial charge on any atom is -0.350 e. The van der Waals surface area contributed by atoms with Gasteiger partial charge in [-0.15, -0.1) is 12.4 Å². The molecule has 3 fully saturated rings. The minimum atomic E-state index is -0.0523. The lowest BCUT2D eigenvalue weighted by Gasteiger charge is -2.37. The molecule has 6 heteroatoms. The van der Waals surface area contributed by atoms with Crippen molar-refractivity contribution in [3.63, 3.8) is 0 Å². The van der Waals surface area contributed by atoms with Crippen molar-refractivity contribution in [3.05, 3.63) is 35.9 Å². The van der Waals surface area contributed by atoms with Crippen LogP contribution in [0, 0.1) is 5.92 Å². The van der Waals surface area contributed by atoms with Crippen LogP contribution in [0.1, 0.15) is 61.7 Å². The number of rotatable bonds is 5. The van der Waals surface area contributed by atoms with Crippen LogP contribution in [0.3, 0.4) is 0 Å². The molecule has 3 saturated heterocycles. The number of likely N-dealkylation sites (tertiary alicyclic amines) is 1. The van der Waals surface area contributed by atoms with Crippen LogP contribution < -0.4 is 10.6 Å². The lowest BCUT2D eigenvalue weighted by molar-refractivity contribution is -0.136. The van der Waals surface area contributed by atoms with Gasteiger partial charge in [-0.1, -0.05) is 18.2 Å². The molecule has 1 aromatic rings. The smallest absolute Gasteiger partial charge is 0.251 e. The Morgan fingerprint density at radius 1 is 1.04 bits per heavy atom. The molecular weight excluding hydrogens is 374 g/mol. The molecule has 0 saturated carbocycles. The van der Waals surface area contributed by atoms with Crippen molar-refractivity contribution in [2.24, 2.45) is 5.92 Å². The Labute approximate surface area is 174 Å². The first kappa shape index (κ1) is 21.1. The predicted octanol–water partition coefficient (Wildman–Crippen LogP) is 3.14. The van der Waals surface area contributed by atoms with E-state index in [1.54, 1.807) is 0 Å². The van der Waals surface area contributed by atoms with E-state index in [2.05, 4.69) is 15.5 Å². The highest BCUT2D eigenvalue weighted by Crippen LogP contribution is 2.33. The Balaban J connectivity index is 0.00000225. The Morgan fingerprint density at radius 3 is 2.46 bits per heavy atom. The number of hydrogen-bond acceptors (Lipinski definition) is 3. The molecule has 4 rings (SSSR count). The van der Waals surface area contributed by atoms with Gasteiger partial charge in [-0.2, -0.15) is 0 Å². The maximum Gasteiger partial charge on any atom is 0.251 e. The van der Waals surface area contributed by atoms with Crippen molar-refractivity contribution in [1.82, 2.24) is 15.5 Å². The lowest BCUT2D eigenvalue weighted by atomic mass is 9.88.